The van der Waals surface area contributed by atoms with E-state index in [9.17, 15) is 4.79 Å². The minimum atomic E-state index is -0.318. The Morgan fingerprint density at radius 2 is 2.00 bits per heavy atom. The van der Waals surface area contributed by atoms with Crippen molar-refractivity contribution in [3.63, 3.8) is 0 Å². The molecule has 0 unspecified atom stereocenters. The van der Waals surface area contributed by atoms with Gasteiger partial charge in [0.1, 0.15) is 17.4 Å². The Morgan fingerprint density at radius 1 is 1.35 bits per heavy atom. The average molecular weight is 371 g/mol. The SMILES string of the molecule is COc1ccc(-c2nnc(SCC(=O)/C(C#N)=C(\C)N)n2C(C)C)cc1. The van der Waals surface area contributed by atoms with Crippen LogP contribution in [0.1, 0.15) is 26.8 Å². The molecule has 2 N–H and O–H groups in total. The number of ketones is 1. The van der Waals surface area contributed by atoms with E-state index in [2.05, 4.69) is 10.2 Å². The third-order valence-corrected chi connectivity index (χ3v) is 4.59. The molecule has 1 aromatic carbocycles. The topological polar surface area (TPSA) is 107 Å². The van der Waals surface area contributed by atoms with Gasteiger partial charge in [-0.25, -0.2) is 0 Å². The molecule has 0 saturated carbocycles. The van der Waals surface area contributed by atoms with E-state index in [1.165, 1.54) is 11.8 Å². The standard InChI is InChI=1S/C18H21N5O2S/c1-11(2)23-17(13-5-7-14(25-4)8-6-13)21-22-18(23)26-10-16(24)15(9-19)12(3)20/h5-8,11H,10,20H2,1-4H3/b15-12+. The number of nitriles is 1. The number of hydrogen-bond acceptors (Lipinski definition) is 7. The summed E-state index contributed by atoms with van der Waals surface area (Å²) in [6.45, 7) is 5.58. The van der Waals surface area contributed by atoms with Gasteiger partial charge in [-0.3, -0.25) is 9.36 Å². The van der Waals surface area contributed by atoms with Gasteiger partial charge >= 0.3 is 0 Å². The molecule has 136 valence electrons. The van der Waals surface area contributed by atoms with Gasteiger partial charge in [0.25, 0.3) is 0 Å². The van der Waals surface area contributed by atoms with E-state index in [1.807, 2.05) is 48.7 Å². The fraction of sp³-hybridized carbons (Fsp3) is 0.333. The van der Waals surface area contributed by atoms with Crippen molar-refractivity contribution in [3.05, 3.63) is 35.5 Å². The van der Waals surface area contributed by atoms with Gasteiger partial charge in [0.2, 0.25) is 0 Å². The Kier molecular flexibility index (Phi) is 6.41. The maximum atomic E-state index is 12.2. The first kappa shape index (κ1) is 19.5. The normalized spacial score (nSPS) is 11.8. The molecule has 0 amide bonds. The summed E-state index contributed by atoms with van der Waals surface area (Å²) in [7, 11) is 1.62. The summed E-state index contributed by atoms with van der Waals surface area (Å²) >= 11 is 1.24. The van der Waals surface area contributed by atoms with Crippen molar-refractivity contribution in [1.82, 2.24) is 14.8 Å². The smallest absolute Gasteiger partial charge is 0.192 e. The van der Waals surface area contributed by atoms with E-state index < -0.39 is 0 Å². The third kappa shape index (κ3) is 4.24. The maximum absolute atomic E-state index is 12.2. The second kappa shape index (κ2) is 8.54. The lowest BCUT2D eigenvalue weighted by Gasteiger charge is -2.13. The van der Waals surface area contributed by atoms with Gasteiger partial charge in [-0.15, -0.1) is 10.2 Å². The zero-order valence-electron chi connectivity index (χ0n) is 15.2. The van der Waals surface area contributed by atoms with Gasteiger partial charge in [-0.2, -0.15) is 5.26 Å². The number of aromatic nitrogens is 3. The van der Waals surface area contributed by atoms with Crippen LogP contribution in [-0.4, -0.2) is 33.4 Å². The molecule has 0 bridgehead atoms. The molecule has 2 aromatic rings. The number of Topliss-reactive ketones (excluding diaryl/α,β-unsaturated/α-hetero) is 1. The number of thioether (sulfide) groups is 1. The van der Waals surface area contributed by atoms with E-state index in [0.29, 0.717) is 11.0 Å². The zero-order valence-corrected chi connectivity index (χ0v) is 16.0. The van der Waals surface area contributed by atoms with Crippen molar-refractivity contribution in [2.45, 2.75) is 32.0 Å². The molecule has 0 aliphatic rings. The van der Waals surface area contributed by atoms with Gasteiger partial charge in [0.05, 0.1) is 12.9 Å². The summed E-state index contributed by atoms with van der Waals surface area (Å²) in [5.41, 5.74) is 6.70. The summed E-state index contributed by atoms with van der Waals surface area (Å²) in [5.74, 6) is 1.23. The van der Waals surface area contributed by atoms with Crippen molar-refractivity contribution in [3.8, 4) is 23.2 Å². The first-order valence-electron chi connectivity index (χ1n) is 8.00. The summed E-state index contributed by atoms with van der Waals surface area (Å²) in [5, 5.41) is 18.2. The highest BCUT2D eigenvalue weighted by Gasteiger charge is 2.19. The van der Waals surface area contributed by atoms with Gasteiger partial charge in [0, 0.05) is 17.3 Å². The van der Waals surface area contributed by atoms with Crippen LogP contribution in [0.2, 0.25) is 0 Å². The molecule has 0 fully saturated rings. The highest BCUT2D eigenvalue weighted by molar-refractivity contribution is 7.99. The lowest BCUT2D eigenvalue weighted by molar-refractivity contribution is -0.112. The van der Waals surface area contributed by atoms with E-state index >= 15 is 0 Å². The van der Waals surface area contributed by atoms with Gasteiger partial charge in [-0.05, 0) is 45.0 Å². The molecular formula is C18H21N5O2S. The number of allylic oxidation sites excluding steroid dienone is 2. The van der Waals surface area contributed by atoms with Crippen molar-refractivity contribution in [2.24, 2.45) is 5.73 Å². The van der Waals surface area contributed by atoms with Crippen LogP contribution in [0.15, 0.2) is 40.7 Å². The Balaban J connectivity index is 2.28. The van der Waals surface area contributed by atoms with Crippen LogP contribution in [0, 0.1) is 11.3 Å². The van der Waals surface area contributed by atoms with Crippen LogP contribution in [0.25, 0.3) is 11.4 Å². The molecule has 0 saturated heterocycles. The van der Waals surface area contributed by atoms with E-state index in [4.69, 9.17) is 15.7 Å². The van der Waals surface area contributed by atoms with Crippen LogP contribution in [0.4, 0.5) is 0 Å². The van der Waals surface area contributed by atoms with Crippen LogP contribution >= 0.6 is 11.8 Å². The van der Waals surface area contributed by atoms with Crippen LogP contribution < -0.4 is 10.5 Å². The molecule has 7 nitrogen and oxygen atoms in total. The number of nitrogens with zero attached hydrogens (tertiary/aromatic N) is 4. The second-order valence-electron chi connectivity index (χ2n) is 5.88. The summed E-state index contributed by atoms with van der Waals surface area (Å²) in [4.78, 5) is 12.2. The lowest BCUT2D eigenvalue weighted by atomic mass is 10.2. The Labute approximate surface area is 156 Å². The number of nitrogens with two attached hydrogens (primary N) is 1. The van der Waals surface area contributed by atoms with Crippen molar-refractivity contribution < 1.29 is 9.53 Å². The molecule has 1 aromatic heterocycles. The number of ether oxygens (including phenoxy) is 1. The number of rotatable bonds is 7. The Bertz CT molecular complexity index is 859. The molecule has 0 aliphatic carbocycles. The molecule has 0 radical (unpaired) electrons. The molecule has 8 heteroatoms. The number of benzene rings is 1. The third-order valence-electron chi connectivity index (χ3n) is 3.65. The average Bonchev–Trinajstić information content (AvgIpc) is 3.04. The largest absolute Gasteiger partial charge is 0.497 e. The number of hydrogen-bond donors (Lipinski definition) is 1. The molecular weight excluding hydrogens is 350 g/mol. The molecule has 2 rings (SSSR count). The predicted molar refractivity (Wildman–Crippen MR) is 101 cm³/mol. The highest BCUT2D eigenvalue weighted by Crippen LogP contribution is 2.29. The molecule has 0 spiro atoms. The summed E-state index contributed by atoms with van der Waals surface area (Å²) in [6.07, 6.45) is 0. The number of carbonyl (C=O) groups is 1. The van der Waals surface area contributed by atoms with Crippen molar-refractivity contribution >= 4 is 17.5 Å². The van der Waals surface area contributed by atoms with Crippen LogP contribution in [0.5, 0.6) is 5.75 Å². The van der Waals surface area contributed by atoms with Gasteiger partial charge < -0.3 is 10.5 Å². The van der Waals surface area contributed by atoms with Crippen molar-refractivity contribution in [2.75, 3.05) is 12.9 Å². The minimum Gasteiger partial charge on any atom is -0.497 e. The molecule has 1 heterocycles. The minimum absolute atomic E-state index is 0.0107. The van der Waals surface area contributed by atoms with E-state index in [0.717, 1.165) is 11.3 Å². The zero-order chi connectivity index (χ0) is 19.3. The van der Waals surface area contributed by atoms with E-state index in [1.54, 1.807) is 14.0 Å². The summed E-state index contributed by atoms with van der Waals surface area (Å²) in [6, 6.07) is 9.50. The molecule has 0 aliphatic heterocycles. The lowest BCUT2D eigenvalue weighted by Crippen LogP contribution is -2.11. The first-order valence-corrected chi connectivity index (χ1v) is 8.99. The number of carbonyl (C=O) groups excluding carboxylic acids is 1. The highest BCUT2D eigenvalue weighted by atomic mass is 32.2. The van der Waals surface area contributed by atoms with Gasteiger partial charge in [-0.1, -0.05) is 11.8 Å². The first-order chi connectivity index (χ1) is 12.4. The molecule has 0 atom stereocenters. The van der Waals surface area contributed by atoms with Gasteiger partial charge in [0.15, 0.2) is 16.8 Å². The van der Waals surface area contributed by atoms with Crippen molar-refractivity contribution in [1.29, 1.82) is 5.26 Å². The molecule has 26 heavy (non-hydrogen) atoms. The van der Waals surface area contributed by atoms with E-state index in [-0.39, 0.29) is 28.8 Å². The Morgan fingerprint density at radius 3 is 2.50 bits per heavy atom. The summed E-state index contributed by atoms with van der Waals surface area (Å²) < 4.78 is 7.14. The quantitative estimate of drug-likeness (QED) is 0.453. The maximum Gasteiger partial charge on any atom is 0.192 e. The predicted octanol–water partition coefficient (Wildman–Crippen LogP) is 2.95. The number of methoxy groups -OCH3 is 1. The fourth-order valence-corrected chi connectivity index (χ4v) is 3.29. The fourth-order valence-electron chi connectivity index (χ4n) is 2.35. The van der Waals surface area contributed by atoms with Crippen LogP contribution in [0.3, 0.4) is 0 Å². The second-order valence-corrected chi connectivity index (χ2v) is 6.82. The Hall–Kier alpha value is -2.79. The monoisotopic (exact) mass is 371 g/mol. The van der Waals surface area contributed by atoms with Crippen LogP contribution in [-0.2, 0) is 4.79 Å².